The summed E-state index contributed by atoms with van der Waals surface area (Å²) in [5.74, 6) is 0.535. The summed E-state index contributed by atoms with van der Waals surface area (Å²) >= 11 is 0. The highest BCUT2D eigenvalue weighted by molar-refractivity contribution is 5.78. The van der Waals surface area contributed by atoms with Crippen LogP contribution >= 0.6 is 0 Å². The molecule has 0 radical (unpaired) electrons. The maximum absolute atomic E-state index is 13.8. The Balaban J connectivity index is 1.84. The first kappa shape index (κ1) is 15.4. The third-order valence-corrected chi connectivity index (χ3v) is 3.92. The van der Waals surface area contributed by atoms with Crippen LogP contribution in [0.5, 0.6) is 0 Å². The summed E-state index contributed by atoms with van der Waals surface area (Å²) in [7, 11) is 1.55. The van der Waals surface area contributed by atoms with Crippen molar-refractivity contribution in [3.05, 3.63) is 70.3 Å². The highest BCUT2D eigenvalue weighted by Crippen LogP contribution is 2.12. The molecule has 0 N–H and O–H groups in total. The van der Waals surface area contributed by atoms with Gasteiger partial charge in [0.2, 0.25) is 0 Å². The summed E-state index contributed by atoms with van der Waals surface area (Å²) in [4.78, 5) is 21.2. The van der Waals surface area contributed by atoms with E-state index in [1.54, 1.807) is 37.6 Å². The van der Waals surface area contributed by atoms with Crippen LogP contribution in [-0.2, 0) is 17.9 Å². The summed E-state index contributed by atoms with van der Waals surface area (Å²) in [6.07, 6.45) is 3.09. The molecule has 0 aliphatic heterocycles. The van der Waals surface area contributed by atoms with Gasteiger partial charge in [0.25, 0.3) is 11.3 Å². The van der Waals surface area contributed by atoms with Crippen LogP contribution in [0.25, 0.3) is 16.7 Å². The van der Waals surface area contributed by atoms with Gasteiger partial charge in [0, 0.05) is 25.1 Å². The number of ether oxygens (including phenoxy) is 1. The van der Waals surface area contributed by atoms with Crippen molar-refractivity contribution in [3.63, 3.8) is 0 Å². The predicted molar refractivity (Wildman–Crippen MR) is 88.8 cm³/mol. The lowest BCUT2D eigenvalue weighted by molar-refractivity contribution is 0.178. The summed E-state index contributed by atoms with van der Waals surface area (Å²) in [6.45, 7) is 0.404. The van der Waals surface area contributed by atoms with E-state index < -0.39 is 0 Å². The first-order valence-corrected chi connectivity index (χ1v) is 7.63. The Morgan fingerprint density at radius 3 is 2.88 bits per heavy atom. The fourth-order valence-electron chi connectivity index (χ4n) is 2.73. The fraction of sp³-hybridized carbons (Fsp3) is 0.176. The van der Waals surface area contributed by atoms with Crippen molar-refractivity contribution >= 4 is 16.7 Å². The highest BCUT2D eigenvalue weighted by Gasteiger charge is 2.12. The van der Waals surface area contributed by atoms with Crippen molar-refractivity contribution in [1.29, 1.82) is 0 Å². The van der Waals surface area contributed by atoms with Gasteiger partial charge in [-0.25, -0.2) is 9.37 Å². The SMILES string of the molecule is COCc1nc2ncc3c(=O)n(Cc4ccccc4F)ccc3n2n1. The van der Waals surface area contributed by atoms with Crippen molar-refractivity contribution < 1.29 is 9.13 Å². The molecule has 7 nitrogen and oxygen atoms in total. The Hall–Kier alpha value is -3.13. The van der Waals surface area contributed by atoms with Crippen molar-refractivity contribution in [2.75, 3.05) is 7.11 Å². The van der Waals surface area contributed by atoms with E-state index in [2.05, 4.69) is 15.1 Å². The van der Waals surface area contributed by atoms with Gasteiger partial charge in [-0.3, -0.25) is 4.79 Å². The molecule has 4 rings (SSSR count). The minimum absolute atomic E-state index is 0.145. The molecule has 4 aromatic rings. The van der Waals surface area contributed by atoms with Crippen molar-refractivity contribution in [3.8, 4) is 0 Å². The molecule has 8 heteroatoms. The van der Waals surface area contributed by atoms with E-state index in [1.807, 2.05) is 0 Å². The number of pyridine rings is 1. The van der Waals surface area contributed by atoms with E-state index in [-0.39, 0.29) is 24.5 Å². The number of fused-ring (bicyclic) bond motifs is 3. The number of benzene rings is 1. The second kappa shape index (κ2) is 6.06. The first-order valence-electron chi connectivity index (χ1n) is 7.63. The Morgan fingerprint density at radius 2 is 2.08 bits per heavy atom. The number of rotatable bonds is 4. The molecule has 3 heterocycles. The summed E-state index contributed by atoms with van der Waals surface area (Å²) in [6, 6.07) is 8.13. The lowest BCUT2D eigenvalue weighted by atomic mass is 10.2. The second-order valence-electron chi connectivity index (χ2n) is 5.57. The summed E-state index contributed by atoms with van der Waals surface area (Å²) in [5, 5.41) is 4.70. The fourth-order valence-corrected chi connectivity index (χ4v) is 2.73. The molecule has 0 bridgehead atoms. The molecule has 1 aromatic carbocycles. The quantitative estimate of drug-likeness (QED) is 0.566. The number of halogens is 1. The Bertz CT molecular complexity index is 1130. The second-order valence-corrected chi connectivity index (χ2v) is 5.57. The average molecular weight is 339 g/mol. The van der Waals surface area contributed by atoms with Gasteiger partial charge in [-0.05, 0) is 12.1 Å². The average Bonchev–Trinajstić information content (AvgIpc) is 3.02. The Labute approximate surface area is 141 Å². The largest absolute Gasteiger partial charge is 0.377 e. The number of aromatic nitrogens is 5. The molecule has 0 aliphatic rings. The van der Waals surface area contributed by atoms with Gasteiger partial charge < -0.3 is 9.30 Å². The van der Waals surface area contributed by atoms with Crippen LogP contribution in [0.2, 0.25) is 0 Å². The molecule has 126 valence electrons. The monoisotopic (exact) mass is 339 g/mol. The molecule has 0 atom stereocenters. The maximum Gasteiger partial charge on any atom is 0.261 e. The third kappa shape index (κ3) is 2.66. The molecular weight excluding hydrogens is 325 g/mol. The number of methoxy groups -OCH3 is 1. The highest BCUT2D eigenvalue weighted by atomic mass is 19.1. The van der Waals surface area contributed by atoms with Crippen LogP contribution in [0.3, 0.4) is 0 Å². The van der Waals surface area contributed by atoms with Gasteiger partial charge >= 0.3 is 0 Å². The molecule has 0 spiro atoms. The van der Waals surface area contributed by atoms with Crippen LogP contribution < -0.4 is 5.56 Å². The summed E-state index contributed by atoms with van der Waals surface area (Å²) < 4.78 is 21.8. The lowest BCUT2D eigenvalue weighted by Gasteiger charge is -2.08. The van der Waals surface area contributed by atoms with E-state index in [0.29, 0.717) is 28.1 Å². The first-order chi connectivity index (χ1) is 12.2. The number of nitrogens with zero attached hydrogens (tertiary/aromatic N) is 5. The molecule has 0 saturated heterocycles. The molecule has 0 aliphatic carbocycles. The minimum atomic E-state index is -0.344. The Kier molecular flexibility index (Phi) is 3.73. The summed E-state index contributed by atoms with van der Waals surface area (Å²) in [5.41, 5.74) is 0.773. The Morgan fingerprint density at radius 1 is 1.24 bits per heavy atom. The van der Waals surface area contributed by atoms with Crippen LogP contribution in [0, 0.1) is 5.82 Å². The molecule has 0 saturated carbocycles. The molecule has 0 unspecified atom stereocenters. The smallest absolute Gasteiger partial charge is 0.261 e. The van der Waals surface area contributed by atoms with Crippen molar-refractivity contribution in [2.24, 2.45) is 0 Å². The van der Waals surface area contributed by atoms with E-state index in [4.69, 9.17) is 4.74 Å². The third-order valence-electron chi connectivity index (χ3n) is 3.92. The van der Waals surface area contributed by atoms with E-state index in [0.717, 1.165) is 0 Å². The standard InChI is InChI=1S/C17H14FN5O2/c1-25-10-15-20-17-19-8-12-14(23(17)21-15)6-7-22(16(12)24)9-11-4-2-3-5-13(11)18/h2-8H,9-10H2,1H3. The van der Waals surface area contributed by atoms with Crippen LogP contribution in [0.4, 0.5) is 4.39 Å². The normalized spacial score (nSPS) is 11.4. The molecule has 3 aromatic heterocycles. The zero-order chi connectivity index (χ0) is 17.4. The van der Waals surface area contributed by atoms with Gasteiger partial charge in [-0.15, -0.1) is 5.10 Å². The predicted octanol–water partition coefficient (Wildman–Crippen LogP) is 1.77. The van der Waals surface area contributed by atoms with E-state index in [9.17, 15) is 9.18 Å². The maximum atomic E-state index is 13.8. The van der Waals surface area contributed by atoms with Crippen molar-refractivity contribution in [2.45, 2.75) is 13.2 Å². The van der Waals surface area contributed by atoms with Gasteiger partial charge in [-0.1, -0.05) is 18.2 Å². The molecule has 25 heavy (non-hydrogen) atoms. The lowest BCUT2D eigenvalue weighted by Crippen LogP contribution is -2.21. The molecular formula is C17H14FN5O2. The number of hydrogen-bond donors (Lipinski definition) is 0. The number of hydrogen-bond acceptors (Lipinski definition) is 5. The molecule has 0 fully saturated rings. The van der Waals surface area contributed by atoms with Gasteiger partial charge in [0.15, 0.2) is 5.82 Å². The van der Waals surface area contributed by atoms with Crippen LogP contribution in [0.15, 0.2) is 47.5 Å². The van der Waals surface area contributed by atoms with Crippen molar-refractivity contribution in [1.82, 2.24) is 24.1 Å². The topological polar surface area (TPSA) is 74.3 Å². The van der Waals surface area contributed by atoms with Crippen LogP contribution in [0.1, 0.15) is 11.4 Å². The van der Waals surface area contributed by atoms with E-state index in [1.165, 1.54) is 21.3 Å². The van der Waals surface area contributed by atoms with Crippen LogP contribution in [-0.4, -0.2) is 31.3 Å². The van der Waals surface area contributed by atoms with Gasteiger partial charge in [0.1, 0.15) is 12.4 Å². The van der Waals surface area contributed by atoms with Gasteiger partial charge in [-0.2, -0.15) is 9.50 Å². The van der Waals surface area contributed by atoms with Gasteiger partial charge in [0.05, 0.1) is 17.4 Å². The minimum Gasteiger partial charge on any atom is -0.377 e. The molecule has 0 amide bonds. The van der Waals surface area contributed by atoms with E-state index >= 15 is 0 Å². The zero-order valence-electron chi connectivity index (χ0n) is 13.4. The zero-order valence-corrected chi connectivity index (χ0v) is 13.4.